The number of aromatic carboxylic acids is 1. The first-order valence-electron chi connectivity index (χ1n) is 11.2. The molecule has 0 aliphatic carbocycles. The van der Waals surface area contributed by atoms with Crippen molar-refractivity contribution in [1.82, 2.24) is 0 Å². The molecule has 4 rings (SSSR count). The van der Waals surface area contributed by atoms with Gasteiger partial charge >= 0.3 is 5.97 Å². The van der Waals surface area contributed by atoms with Crippen molar-refractivity contribution in [3.05, 3.63) is 89.0 Å². The molecule has 1 heterocycles. The van der Waals surface area contributed by atoms with E-state index in [2.05, 4.69) is 44.2 Å². The van der Waals surface area contributed by atoms with E-state index in [1.165, 1.54) is 24.0 Å². The molecule has 3 aromatic rings. The van der Waals surface area contributed by atoms with Gasteiger partial charge in [0.1, 0.15) is 11.4 Å². The summed E-state index contributed by atoms with van der Waals surface area (Å²) >= 11 is 0. The molecule has 3 aromatic carbocycles. The van der Waals surface area contributed by atoms with Crippen LogP contribution < -0.4 is 4.74 Å². The van der Waals surface area contributed by atoms with Crippen molar-refractivity contribution in [2.45, 2.75) is 58.0 Å². The number of benzene rings is 3. The summed E-state index contributed by atoms with van der Waals surface area (Å²) < 4.78 is 6.65. The van der Waals surface area contributed by atoms with Gasteiger partial charge in [-0.2, -0.15) is 0 Å². The number of para-hydroxylation sites is 1. The van der Waals surface area contributed by atoms with E-state index < -0.39 is 5.97 Å². The Morgan fingerprint density at radius 1 is 0.968 bits per heavy atom. The molecule has 1 aliphatic rings. The average Bonchev–Trinajstić information content (AvgIpc) is 2.78. The van der Waals surface area contributed by atoms with Gasteiger partial charge in [0.15, 0.2) is 0 Å². The van der Waals surface area contributed by atoms with Gasteiger partial charge in [0.25, 0.3) is 0 Å². The molecule has 3 nitrogen and oxygen atoms in total. The van der Waals surface area contributed by atoms with Crippen LogP contribution in [0.3, 0.4) is 0 Å². The van der Waals surface area contributed by atoms with Crippen molar-refractivity contribution in [3.63, 3.8) is 0 Å². The Bertz CT molecular complexity index is 1070. The Morgan fingerprint density at radius 2 is 1.68 bits per heavy atom. The van der Waals surface area contributed by atoms with E-state index in [0.29, 0.717) is 11.1 Å². The maximum Gasteiger partial charge on any atom is 0.336 e. The molecular formula is C28H30O3. The van der Waals surface area contributed by atoms with E-state index >= 15 is 0 Å². The van der Waals surface area contributed by atoms with E-state index in [1.54, 1.807) is 12.1 Å². The zero-order chi connectivity index (χ0) is 21.8. The lowest BCUT2D eigenvalue weighted by Gasteiger charge is -2.37. The fraction of sp³-hybridized carbons (Fsp3) is 0.321. The van der Waals surface area contributed by atoms with Crippen molar-refractivity contribution in [3.8, 4) is 16.9 Å². The van der Waals surface area contributed by atoms with E-state index in [1.807, 2.05) is 24.3 Å². The Hall–Kier alpha value is -3.07. The van der Waals surface area contributed by atoms with E-state index in [0.717, 1.165) is 42.6 Å². The molecule has 0 aromatic heterocycles. The van der Waals surface area contributed by atoms with Crippen LogP contribution in [0, 0.1) is 0 Å². The van der Waals surface area contributed by atoms with Gasteiger partial charge in [-0.3, -0.25) is 0 Å². The zero-order valence-corrected chi connectivity index (χ0v) is 18.4. The largest absolute Gasteiger partial charge is 0.486 e. The summed E-state index contributed by atoms with van der Waals surface area (Å²) in [5.74, 6) is -0.0977. The predicted molar refractivity (Wildman–Crippen MR) is 125 cm³/mol. The Morgan fingerprint density at radius 3 is 2.42 bits per heavy atom. The van der Waals surface area contributed by atoms with Crippen molar-refractivity contribution in [1.29, 1.82) is 0 Å². The number of hydrogen-bond acceptors (Lipinski definition) is 2. The number of carboxylic acid groups (broad SMARTS) is 1. The van der Waals surface area contributed by atoms with E-state index in [9.17, 15) is 9.90 Å². The number of rotatable bonds is 7. The second-order valence-corrected chi connectivity index (χ2v) is 8.79. The standard InChI is InChI=1S/C28H30O3/c1-3-4-8-20-13-15-21(16-14-20)19-28(2)18-17-22-9-7-12-24(26(22)31-28)23-10-5-6-11-25(23)27(29)30/h5-7,9-16H,3-4,8,17-19H2,1-2H3,(H,29,30)/t28-/m0/s1. The minimum atomic E-state index is -0.921. The van der Waals surface area contributed by atoms with E-state index in [-0.39, 0.29) is 5.60 Å². The fourth-order valence-electron chi connectivity index (χ4n) is 4.48. The highest BCUT2D eigenvalue weighted by Crippen LogP contribution is 2.42. The second kappa shape index (κ2) is 8.97. The van der Waals surface area contributed by atoms with Crippen LogP contribution in [0.2, 0.25) is 0 Å². The Balaban J connectivity index is 1.62. The molecule has 1 aliphatic heterocycles. The molecule has 1 atom stereocenters. The summed E-state index contributed by atoms with van der Waals surface area (Å²) in [7, 11) is 0. The van der Waals surface area contributed by atoms with Gasteiger partial charge in [-0.25, -0.2) is 4.79 Å². The Kier molecular flexibility index (Phi) is 6.13. The molecule has 0 spiro atoms. The first-order chi connectivity index (χ1) is 15.0. The lowest BCUT2D eigenvalue weighted by atomic mass is 9.85. The van der Waals surface area contributed by atoms with Gasteiger partial charge < -0.3 is 9.84 Å². The van der Waals surface area contributed by atoms with Gasteiger partial charge in [-0.1, -0.05) is 74.0 Å². The third-order valence-electron chi connectivity index (χ3n) is 6.24. The smallest absolute Gasteiger partial charge is 0.336 e. The molecule has 0 saturated heterocycles. The Labute approximate surface area is 184 Å². The highest BCUT2D eigenvalue weighted by Gasteiger charge is 2.33. The molecule has 31 heavy (non-hydrogen) atoms. The number of aryl methyl sites for hydroxylation is 2. The molecule has 0 fully saturated rings. The fourth-order valence-corrected chi connectivity index (χ4v) is 4.48. The van der Waals surface area contributed by atoms with Crippen LogP contribution in [0.4, 0.5) is 0 Å². The quantitative estimate of drug-likeness (QED) is 0.467. The maximum atomic E-state index is 11.8. The average molecular weight is 415 g/mol. The monoisotopic (exact) mass is 414 g/mol. The molecule has 1 N–H and O–H groups in total. The third kappa shape index (κ3) is 4.66. The third-order valence-corrected chi connectivity index (χ3v) is 6.24. The van der Waals surface area contributed by atoms with Gasteiger partial charge in [-0.05, 0) is 60.9 Å². The number of hydrogen-bond donors (Lipinski definition) is 1. The lowest BCUT2D eigenvalue weighted by molar-refractivity contribution is 0.0661. The van der Waals surface area contributed by atoms with Crippen LogP contribution in [0.15, 0.2) is 66.7 Å². The normalized spacial score (nSPS) is 17.6. The molecule has 0 saturated carbocycles. The minimum Gasteiger partial charge on any atom is -0.486 e. The van der Waals surface area contributed by atoms with Crippen molar-refractivity contribution in [2.75, 3.05) is 0 Å². The summed E-state index contributed by atoms with van der Waals surface area (Å²) in [5.41, 5.74) is 5.34. The summed E-state index contributed by atoms with van der Waals surface area (Å²) in [6, 6.07) is 22.1. The number of ether oxygens (including phenoxy) is 1. The zero-order valence-electron chi connectivity index (χ0n) is 18.4. The highest BCUT2D eigenvalue weighted by atomic mass is 16.5. The van der Waals surface area contributed by atoms with Crippen LogP contribution in [-0.2, 0) is 19.3 Å². The van der Waals surface area contributed by atoms with Crippen molar-refractivity contribution >= 4 is 5.97 Å². The molecule has 0 radical (unpaired) electrons. The van der Waals surface area contributed by atoms with Crippen LogP contribution in [0.1, 0.15) is 60.2 Å². The van der Waals surface area contributed by atoms with Crippen LogP contribution in [0.25, 0.3) is 11.1 Å². The van der Waals surface area contributed by atoms with Crippen molar-refractivity contribution in [2.24, 2.45) is 0 Å². The van der Waals surface area contributed by atoms with Crippen LogP contribution in [-0.4, -0.2) is 16.7 Å². The van der Waals surface area contributed by atoms with Gasteiger partial charge in [0.05, 0.1) is 5.56 Å². The minimum absolute atomic E-state index is 0.300. The van der Waals surface area contributed by atoms with Crippen molar-refractivity contribution < 1.29 is 14.6 Å². The highest BCUT2D eigenvalue weighted by molar-refractivity contribution is 5.97. The first-order valence-corrected chi connectivity index (χ1v) is 11.2. The molecule has 0 amide bonds. The van der Waals surface area contributed by atoms with Gasteiger partial charge in [-0.15, -0.1) is 0 Å². The SMILES string of the molecule is CCCCc1ccc(C[C@]2(C)CCc3cccc(-c4ccccc4C(=O)O)c3O2)cc1. The maximum absolute atomic E-state index is 11.8. The topological polar surface area (TPSA) is 46.5 Å². The molecule has 0 unspecified atom stereocenters. The number of unbranched alkanes of at least 4 members (excludes halogenated alkanes) is 1. The van der Waals surface area contributed by atoms with Crippen LogP contribution in [0.5, 0.6) is 5.75 Å². The number of fused-ring (bicyclic) bond motifs is 1. The summed E-state index contributed by atoms with van der Waals surface area (Å²) in [4.78, 5) is 11.8. The summed E-state index contributed by atoms with van der Waals surface area (Å²) in [5, 5.41) is 9.66. The molecule has 3 heteroatoms. The second-order valence-electron chi connectivity index (χ2n) is 8.79. The number of carboxylic acids is 1. The lowest BCUT2D eigenvalue weighted by Crippen LogP contribution is -2.38. The summed E-state index contributed by atoms with van der Waals surface area (Å²) in [6.07, 6.45) is 6.24. The van der Waals surface area contributed by atoms with Gasteiger partial charge in [0, 0.05) is 12.0 Å². The molecular weight excluding hydrogens is 384 g/mol. The van der Waals surface area contributed by atoms with Gasteiger partial charge in [0.2, 0.25) is 0 Å². The van der Waals surface area contributed by atoms with Crippen LogP contribution >= 0.6 is 0 Å². The molecule has 0 bridgehead atoms. The first kappa shape index (κ1) is 21.2. The number of carbonyl (C=O) groups is 1. The predicted octanol–water partition coefficient (Wildman–Crippen LogP) is 6.72. The summed E-state index contributed by atoms with van der Waals surface area (Å²) in [6.45, 7) is 4.39. The molecule has 160 valence electrons. The van der Waals surface area contributed by atoms with E-state index in [4.69, 9.17) is 4.74 Å².